The number of rotatable bonds is 1. The molecule has 0 amide bonds. The van der Waals surface area contributed by atoms with Crippen LogP contribution in [0.3, 0.4) is 0 Å². The van der Waals surface area contributed by atoms with Crippen LogP contribution >= 0.6 is 12.6 Å². The van der Waals surface area contributed by atoms with Gasteiger partial charge >= 0.3 is 0 Å². The minimum Gasteiger partial charge on any atom is -0.494 e. The smallest absolute Gasteiger partial charge is 0.221 e. The number of thiol groups is 1. The highest BCUT2D eigenvalue weighted by molar-refractivity contribution is 7.80. The fourth-order valence-corrected chi connectivity index (χ4v) is 0.759. The zero-order chi connectivity index (χ0) is 6.85. The number of aromatic nitrogens is 1. The minimum absolute atomic E-state index is 0.0880. The van der Waals surface area contributed by atoms with E-state index in [1.54, 1.807) is 0 Å². The average Bonchev–Trinajstić information content (AvgIpc) is 2.12. The highest BCUT2D eigenvalue weighted by Gasteiger charge is 1.99. The van der Waals surface area contributed by atoms with Gasteiger partial charge in [0.25, 0.3) is 0 Å². The fraction of sp³-hybridized carbons (Fsp3) is 0. The molecule has 0 saturated carbocycles. The van der Waals surface area contributed by atoms with Crippen molar-refractivity contribution in [1.29, 1.82) is 0 Å². The third-order valence-electron chi connectivity index (χ3n) is 0.981. The minimum atomic E-state index is -0.0880. The van der Waals surface area contributed by atoms with Crippen molar-refractivity contribution in [2.24, 2.45) is 0 Å². The summed E-state index contributed by atoms with van der Waals surface area (Å²) < 4.78 is 1.03. The summed E-state index contributed by atoms with van der Waals surface area (Å²) in [5.74, 6) is -0.0880. The van der Waals surface area contributed by atoms with Crippen LogP contribution in [0.2, 0.25) is 0 Å². The second-order valence-electron chi connectivity index (χ2n) is 1.53. The van der Waals surface area contributed by atoms with E-state index in [-0.39, 0.29) is 5.88 Å². The van der Waals surface area contributed by atoms with E-state index in [1.165, 1.54) is 12.1 Å². The van der Waals surface area contributed by atoms with Crippen molar-refractivity contribution in [1.82, 2.24) is 4.57 Å². The van der Waals surface area contributed by atoms with Crippen molar-refractivity contribution in [3.63, 3.8) is 0 Å². The van der Waals surface area contributed by atoms with Gasteiger partial charge in [0.1, 0.15) is 0 Å². The molecule has 1 rings (SSSR count). The second-order valence-corrected chi connectivity index (χ2v) is 1.98. The summed E-state index contributed by atoms with van der Waals surface area (Å²) in [5, 5.41) is 9.25. The Bertz CT molecular complexity index is 211. The third-order valence-corrected chi connectivity index (χ3v) is 1.35. The highest BCUT2D eigenvalue weighted by Crippen LogP contribution is 2.15. The third kappa shape index (κ3) is 0.929. The zero-order valence-corrected chi connectivity index (χ0v) is 5.38. The van der Waals surface area contributed by atoms with E-state index in [0.29, 0.717) is 11.4 Å². The molecule has 0 bridgehead atoms. The van der Waals surface area contributed by atoms with Crippen LogP contribution in [0, 0.1) is 0 Å². The van der Waals surface area contributed by atoms with Crippen LogP contribution in [0.25, 0.3) is 0 Å². The van der Waals surface area contributed by atoms with E-state index in [9.17, 15) is 4.79 Å². The Morgan fingerprint density at radius 2 is 2.33 bits per heavy atom. The van der Waals surface area contributed by atoms with E-state index in [2.05, 4.69) is 12.6 Å². The molecular weight excluding hydrogens is 138 g/mol. The van der Waals surface area contributed by atoms with Gasteiger partial charge in [0.05, 0.1) is 5.03 Å². The molecule has 0 spiro atoms. The van der Waals surface area contributed by atoms with Gasteiger partial charge < -0.3 is 5.11 Å². The lowest BCUT2D eigenvalue weighted by atomic mass is 10.7. The Kier molecular flexibility index (Phi) is 1.48. The summed E-state index contributed by atoms with van der Waals surface area (Å²) >= 11 is 3.87. The molecule has 1 aromatic heterocycles. The molecule has 1 heterocycles. The van der Waals surface area contributed by atoms with E-state index in [1.807, 2.05) is 0 Å². The van der Waals surface area contributed by atoms with Crippen LogP contribution < -0.4 is 0 Å². The molecule has 0 unspecified atom stereocenters. The molecule has 0 aliphatic heterocycles. The normalized spacial score (nSPS) is 9.44. The topological polar surface area (TPSA) is 42.2 Å². The predicted octanol–water partition coefficient (Wildman–Crippen LogP) is 0.521. The lowest BCUT2D eigenvalue weighted by Crippen LogP contribution is -1.92. The van der Waals surface area contributed by atoms with Crippen LogP contribution in [-0.4, -0.2) is 16.1 Å². The maximum atomic E-state index is 10.1. The Morgan fingerprint density at radius 3 is 2.56 bits per heavy atom. The largest absolute Gasteiger partial charge is 0.494 e. The lowest BCUT2D eigenvalue weighted by Gasteiger charge is -1.92. The van der Waals surface area contributed by atoms with Crippen molar-refractivity contribution in [3.05, 3.63) is 12.1 Å². The van der Waals surface area contributed by atoms with E-state index in [4.69, 9.17) is 5.11 Å². The number of carbonyl (C=O) groups is 1. The summed E-state index contributed by atoms with van der Waals surface area (Å²) in [6, 6.07) is 2.93. The van der Waals surface area contributed by atoms with Crippen molar-refractivity contribution >= 4 is 19.0 Å². The summed E-state index contributed by atoms with van der Waals surface area (Å²) in [5.41, 5.74) is 0. The second kappa shape index (κ2) is 2.14. The molecule has 1 aromatic rings. The summed E-state index contributed by atoms with van der Waals surface area (Å²) in [7, 11) is 0. The maximum absolute atomic E-state index is 10.1. The van der Waals surface area contributed by atoms with Gasteiger partial charge in [0, 0.05) is 6.07 Å². The molecule has 1 N–H and O–H groups in total. The summed E-state index contributed by atoms with van der Waals surface area (Å²) in [6.07, 6.45) is 0.498. The molecule has 0 radical (unpaired) electrons. The van der Waals surface area contributed by atoms with Crippen LogP contribution in [0.1, 0.15) is 0 Å². The van der Waals surface area contributed by atoms with Crippen molar-refractivity contribution in [2.75, 3.05) is 0 Å². The number of nitrogens with zero attached hydrogens (tertiary/aromatic N) is 1. The molecular formula is C5H5NO2S. The highest BCUT2D eigenvalue weighted by atomic mass is 32.1. The van der Waals surface area contributed by atoms with Crippen molar-refractivity contribution < 1.29 is 9.90 Å². The zero-order valence-electron chi connectivity index (χ0n) is 4.48. The van der Waals surface area contributed by atoms with Crippen LogP contribution in [0.4, 0.5) is 0 Å². The molecule has 0 aliphatic carbocycles. The molecule has 0 fully saturated rings. The number of hydrogen-bond donors (Lipinski definition) is 2. The molecule has 9 heavy (non-hydrogen) atoms. The van der Waals surface area contributed by atoms with Gasteiger partial charge in [-0.15, -0.1) is 12.6 Å². The molecule has 0 aliphatic rings. The molecule has 0 aromatic carbocycles. The van der Waals surface area contributed by atoms with Gasteiger partial charge in [-0.2, -0.15) is 0 Å². The maximum Gasteiger partial charge on any atom is 0.221 e. The predicted molar refractivity (Wildman–Crippen MR) is 35.5 cm³/mol. The molecule has 4 heteroatoms. The Hall–Kier alpha value is -0.900. The first-order valence-electron chi connectivity index (χ1n) is 2.30. The number of aromatic hydroxyl groups is 1. The monoisotopic (exact) mass is 143 g/mol. The molecule has 3 nitrogen and oxygen atoms in total. The number of hydrogen-bond acceptors (Lipinski definition) is 3. The van der Waals surface area contributed by atoms with Gasteiger partial charge in [0.15, 0.2) is 5.88 Å². The average molecular weight is 143 g/mol. The van der Waals surface area contributed by atoms with E-state index < -0.39 is 0 Å². The van der Waals surface area contributed by atoms with Gasteiger partial charge in [-0.1, -0.05) is 0 Å². The van der Waals surface area contributed by atoms with Gasteiger partial charge in [0.2, 0.25) is 6.41 Å². The van der Waals surface area contributed by atoms with Crippen LogP contribution in [0.5, 0.6) is 5.88 Å². The van der Waals surface area contributed by atoms with Crippen molar-refractivity contribution in [3.8, 4) is 5.88 Å². The molecule has 0 saturated heterocycles. The first-order valence-corrected chi connectivity index (χ1v) is 2.75. The van der Waals surface area contributed by atoms with Gasteiger partial charge in [-0.05, 0) is 6.07 Å². The van der Waals surface area contributed by atoms with Gasteiger partial charge in [-0.3, -0.25) is 4.79 Å². The van der Waals surface area contributed by atoms with Gasteiger partial charge in [-0.25, -0.2) is 4.57 Å². The Labute approximate surface area is 57.3 Å². The van der Waals surface area contributed by atoms with E-state index >= 15 is 0 Å². The quantitative estimate of drug-likeness (QED) is 0.444. The fourth-order valence-electron chi connectivity index (χ4n) is 0.535. The van der Waals surface area contributed by atoms with Crippen molar-refractivity contribution in [2.45, 2.75) is 5.03 Å². The molecule has 48 valence electrons. The summed E-state index contributed by atoms with van der Waals surface area (Å²) in [4.78, 5) is 10.1. The van der Waals surface area contributed by atoms with Crippen LogP contribution in [0.15, 0.2) is 17.2 Å². The Morgan fingerprint density at radius 1 is 1.67 bits per heavy atom. The Balaban J connectivity index is 3.22. The standard InChI is InChI=1S/C5H5NO2S/c7-3-6-4(8)1-2-5(6)9/h1-3,8-9H. The van der Waals surface area contributed by atoms with Crippen LogP contribution in [-0.2, 0) is 4.79 Å². The summed E-state index contributed by atoms with van der Waals surface area (Å²) in [6.45, 7) is 0. The first-order chi connectivity index (χ1) is 4.25. The lowest BCUT2D eigenvalue weighted by molar-refractivity contribution is 0.435. The SMILES string of the molecule is O=Cn1c(O)ccc1S. The molecule has 0 atom stereocenters. The number of carbonyl (C=O) groups excluding carboxylic acids is 1. The first kappa shape index (κ1) is 6.22. The van der Waals surface area contributed by atoms with E-state index in [0.717, 1.165) is 4.57 Å².